The Morgan fingerprint density at radius 1 is 0.923 bits per heavy atom. The fourth-order valence-electron chi connectivity index (χ4n) is 2.57. The van der Waals surface area contributed by atoms with Gasteiger partial charge < -0.3 is 5.41 Å². The molecule has 0 heterocycles. The first-order valence-corrected chi connectivity index (χ1v) is 8.94. The van der Waals surface area contributed by atoms with E-state index >= 15 is 0 Å². The third kappa shape index (κ3) is 5.04. The van der Waals surface area contributed by atoms with Crippen LogP contribution in [0.3, 0.4) is 0 Å². The van der Waals surface area contributed by atoms with Crippen molar-refractivity contribution in [3.63, 3.8) is 0 Å². The first kappa shape index (κ1) is 19.4. The van der Waals surface area contributed by atoms with Crippen LogP contribution in [0.5, 0.6) is 0 Å². The number of benzene rings is 2. The lowest BCUT2D eigenvalue weighted by Gasteiger charge is -2.06. The van der Waals surface area contributed by atoms with Crippen molar-refractivity contribution in [1.29, 1.82) is 5.41 Å². The van der Waals surface area contributed by atoms with E-state index in [1.807, 2.05) is 44.2 Å². The van der Waals surface area contributed by atoms with Gasteiger partial charge in [0.1, 0.15) is 5.82 Å². The van der Waals surface area contributed by atoms with E-state index in [4.69, 9.17) is 5.41 Å². The summed E-state index contributed by atoms with van der Waals surface area (Å²) in [4.78, 5) is 0. The highest BCUT2D eigenvalue weighted by Gasteiger charge is 2.04. The van der Waals surface area contributed by atoms with Gasteiger partial charge in [0, 0.05) is 22.9 Å². The number of allylic oxidation sites excluding steroid dienone is 4. The quantitative estimate of drug-likeness (QED) is 0.472. The summed E-state index contributed by atoms with van der Waals surface area (Å²) in [5.41, 5.74) is 5.54. The minimum atomic E-state index is -0.376. The van der Waals surface area contributed by atoms with Crippen molar-refractivity contribution in [2.24, 2.45) is 0 Å². The maximum atomic E-state index is 13.8. The van der Waals surface area contributed by atoms with E-state index < -0.39 is 0 Å². The van der Waals surface area contributed by atoms with Crippen LogP contribution in [0.15, 0.2) is 65.8 Å². The van der Waals surface area contributed by atoms with Crippen LogP contribution in [0.1, 0.15) is 44.7 Å². The van der Waals surface area contributed by atoms with Crippen molar-refractivity contribution in [1.82, 2.24) is 0 Å². The second-order valence-electron chi connectivity index (χ2n) is 5.91. The molecule has 132 valence electrons. The second-order valence-corrected chi connectivity index (χ2v) is 5.91. The highest BCUT2D eigenvalue weighted by Crippen LogP contribution is 2.22. The molecule has 0 radical (unpaired) electrons. The summed E-state index contributed by atoms with van der Waals surface area (Å²) in [5.74, 6) is 6.03. The summed E-state index contributed by atoms with van der Waals surface area (Å²) in [7, 11) is 0. The average Bonchev–Trinajstić information content (AvgIpc) is 2.69. The van der Waals surface area contributed by atoms with Crippen molar-refractivity contribution < 1.29 is 4.39 Å². The zero-order valence-electron chi connectivity index (χ0n) is 15.6. The van der Waals surface area contributed by atoms with Gasteiger partial charge in [-0.15, -0.1) is 0 Å². The largest absolute Gasteiger partial charge is 0.308 e. The number of rotatable bonds is 2. The van der Waals surface area contributed by atoms with Gasteiger partial charge in [0.25, 0.3) is 0 Å². The monoisotopic (exact) mass is 345 g/mol. The van der Waals surface area contributed by atoms with Crippen LogP contribution < -0.4 is 0 Å². The zero-order valence-corrected chi connectivity index (χ0v) is 15.6. The number of hydrogen-bond acceptors (Lipinski definition) is 1. The van der Waals surface area contributed by atoms with E-state index in [-0.39, 0.29) is 5.82 Å². The molecule has 2 aromatic rings. The summed E-state index contributed by atoms with van der Waals surface area (Å²) in [6.07, 6.45) is 7.33. The van der Waals surface area contributed by atoms with Crippen molar-refractivity contribution in [2.75, 3.05) is 0 Å². The highest BCUT2D eigenvalue weighted by atomic mass is 19.1. The molecular weight excluding hydrogens is 321 g/mol. The van der Waals surface area contributed by atoms with Crippen LogP contribution in [-0.2, 0) is 0 Å². The van der Waals surface area contributed by atoms with Crippen LogP contribution in [-0.4, -0.2) is 6.21 Å². The summed E-state index contributed by atoms with van der Waals surface area (Å²) in [6.45, 7) is 6.14. The van der Waals surface area contributed by atoms with Gasteiger partial charge in [-0.25, -0.2) is 4.39 Å². The number of nitrogens with one attached hydrogen (secondary N) is 1. The van der Waals surface area contributed by atoms with Crippen molar-refractivity contribution in [3.8, 4) is 23.0 Å². The molecule has 0 fully saturated rings. The SMILES string of the molecule is CC.CC1=CC=C(C#Cc2ccc(-c3ccc(C=N)c(F)c3)cc2)CC1. The fourth-order valence-corrected chi connectivity index (χ4v) is 2.57. The fraction of sp³-hybridized carbons (Fsp3) is 0.208. The molecule has 2 aromatic carbocycles. The second kappa shape index (κ2) is 9.53. The highest BCUT2D eigenvalue weighted by molar-refractivity contribution is 5.79. The molecule has 0 spiro atoms. The molecule has 1 aliphatic rings. The van der Waals surface area contributed by atoms with E-state index in [9.17, 15) is 4.39 Å². The summed E-state index contributed by atoms with van der Waals surface area (Å²) < 4.78 is 13.8. The minimum Gasteiger partial charge on any atom is -0.308 e. The standard InChI is InChI=1S/C22H18FN.C2H6/c1-16-2-4-17(5-3-16)6-7-18-8-10-19(11-9-18)20-12-13-21(15-24)22(23)14-20;1-2/h2,4,8-15,24H,3,5H2,1H3;1-2H3. The normalized spacial score (nSPS) is 12.6. The predicted molar refractivity (Wildman–Crippen MR) is 109 cm³/mol. The minimum absolute atomic E-state index is 0.297. The Morgan fingerprint density at radius 2 is 1.62 bits per heavy atom. The lowest BCUT2D eigenvalue weighted by molar-refractivity contribution is 0.626. The first-order chi connectivity index (χ1) is 12.7. The van der Waals surface area contributed by atoms with Crippen molar-refractivity contribution in [2.45, 2.75) is 33.6 Å². The molecule has 2 heteroatoms. The molecule has 1 nitrogen and oxygen atoms in total. The molecule has 1 N–H and O–H groups in total. The molecular formula is C24H24FN. The van der Waals surface area contributed by atoms with E-state index in [0.29, 0.717) is 5.56 Å². The molecule has 0 saturated heterocycles. The molecule has 0 saturated carbocycles. The number of halogens is 1. The van der Waals surface area contributed by atoms with Crippen molar-refractivity contribution in [3.05, 3.63) is 82.7 Å². The summed E-state index contributed by atoms with van der Waals surface area (Å²) in [6, 6.07) is 12.7. The van der Waals surface area contributed by atoms with Crippen LogP contribution in [0.4, 0.5) is 4.39 Å². The third-order valence-corrected chi connectivity index (χ3v) is 4.10. The van der Waals surface area contributed by atoms with Crippen LogP contribution in [0.2, 0.25) is 0 Å². The van der Waals surface area contributed by atoms with E-state index in [1.54, 1.807) is 6.07 Å². The van der Waals surface area contributed by atoms with Crippen LogP contribution >= 0.6 is 0 Å². The van der Waals surface area contributed by atoms with Crippen LogP contribution in [0, 0.1) is 23.1 Å². The van der Waals surface area contributed by atoms with Gasteiger partial charge in [-0.1, -0.05) is 61.6 Å². The maximum absolute atomic E-state index is 13.8. The Morgan fingerprint density at radius 3 is 2.19 bits per heavy atom. The predicted octanol–water partition coefficient (Wildman–Crippen LogP) is 6.53. The van der Waals surface area contributed by atoms with Gasteiger partial charge in [-0.2, -0.15) is 0 Å². The Bertz CT molecular complexity index is 890. The van der Waals surface area contributed by atoms with Gasteiger partial charge in [0.15, 0.2) is 0 Å². The average molecular weight is 345 g/mol. The molecule has 0 unspecified atom stereocenters. The Hall–Kier alpha value is -2.92. The molecule has 0 amide bonds. The van der Waals surface area contributed by atoms with Gasteiger partial charge in [-0.3, -0.25) is 0 Å². The topological polar surface area (TPSA) is 23.9 Å². The zero-order chi connectivity index (χ0) is 18.9. The maximum Gasteiger partial charge on any atom is 0.132 e. The Balaban J connectivity index is 0.00000117. The number of hydrogen-bond donors (Lipinski definition) is 1. The molecule has 1 aliphatic carbocycles. The lowest BCUT2D eigenvalue weighted by Crippen LogP contribution is -1.89. The van der Waals surface area contributed by atoms with E-state index in [2.05, 4.69) is 30.9 Å². The first-order valence-electron chi connectivity index (χ1n) is 8.94. The van der Waals surface area contributed by atoms with Crippen molar-refractivity contribution >= 4 is 6.21 Å². The Labute approximate surface area is 155 Å². The van der Waals surface area contributed by atoms with Gasteiger partial charge in [0.05, 0.1) is 0 Å². The third-order valence-electron chi connectivity index (χ3n) is 4.10. The van der Waals surface area contributed by atoms with Gasteiger partial charge in [0.2, 0.25) is 0 Å². The molecule has 0 aromatic heterocycles. The molecule has 3 rings (SSSR count). The van der Waals surface area contributed by atoms with Crippen LogP contribution in [0.25, 0.3) is 11.1 Å². The smallest absolute Gasteiger partial charge is 0.132 e. The molecule has 0 atom stereocenters. The van der Waals surface area contributed by atoms with Gasteiger partial charge in [-0.05, 0) is 55.2 Å². The lowest BCUT2D eigenvalue weighted by atomic mass is 9.99. The molecule has 26 heavy (non-hydrogen) atoms. The summed E-state index contributed by atoms with van der Waals surface area (Å²) in [5, 5.41) is 7.14. The summed E-state index contributed by atoms with van der Waals surface area (Å²) >= 11 is 0. The molecule has 0 bridgehead atoms. The Kier molecular flexibility index (Phi) is 7.12. The molecule has 0 aliphatic heterocycles. The van der Waals surface area contributed by atoms with Gasteiger partial charge >= 0.3 is 0 Å². The van der Waals surface area contributed by atoms with E-state index in [0.717, 1.165) is 41.3 Å². The van der Waals surface area contributed by atoms with E-state index in [1.165, 1.54) is 11.6 Å².